The second-order valence-corrected chi connectivity index (χ2v) is 6.65. The number of nitrogens with one attached hydrogen (secondary N) is 1. The van der Waals surface area contributed by atoms with Crippen LogP contribution in [-0.2, 0) is 0 Å². The van der Waals surface area contributed by atoms with Crippen molar-refractivity contribution in [1.29, 1.82) is 0 Å². The zero-order chi connectivity index (χ0) is 18.3. The zero-order valence-corrected chi connectivity index (χ0v) is 15.6. The lowest BCUT2D eigenvalue weighted by Crippen LogP contribution is -2.25. The third kappa shape index (κ3) is 9.60. The van der Waals surface area contributed by atoms with Gasteiger partial charge in [0.2, 0.25) is 5.89 Å². The van der Waals surface area contributed by atoms with Crippen molar-refractivity contribution in [3.63, 3.8) is 0 Å². The minimum absolute atomic E-state index is 0.183. The Morgan fingerprint density at radius 1 is 1.12 bits per heavy atom. The first kappa shape index (κ1) is 21.6. The van der Waals surface area contributed by atoms with Crippen molar-refractivity contribution < 1.29 is 14.3 Å². The molecule has 0 saturated carbocycles. The summed E-state index contributed by atoms with van der Waals surface area (Å²) in [6.07, 6.45) is 15.4. The lowest BCUT2D eigenvalue weighted by atomic mass is 10.1. The number of unbranched alkanes of at least 4 members (excludes halogenated alkanes) is 10. The number of hydrogen-bond donors (Lipinski definition) is 3. The SMILES string of the molecule is CCCCCCCCCCCCCNC(=O)c1coc(C(N)CO)n1. The molecule has 0 aromatic carbocycles. The third-order valence-corrected chi connectivity index (χ3v) is 4.33. The summed E-state index contributed by atoms with van der Waals surface area (Å²) in [5.41, 5.74) is 5.80. The van der Waals surface area contributed by atoms with Crippen LogP contribution in [0.3, 0.4) is 0 Å². The molecule has 0 aliphatic carbocycles. The number of rotatable bonds is 15. The minimum Gasteiger partial charge on any atom is -0.446 e. The first-order chi connectivity index (χ1) is 12.2. The summed E-state index contributed by atoms with van der Waals surface area (Å²) in [6, 6.07) is -0.687. The molecule has 6 nitrogen and oxygen atoms in total. The number of hydrogen-bond acceptors (Lipinski definition) is 5. The number of aliphatic hydroxyl groups excluding tert-OH is 1. The van der Waals surface area contributed by atoms with Crippen molar-refractivity contribution >= 4 is 5.91 Å². The monoisotopic (exact) mass is 353 g/mol. The molecule has 0 aliphatic heterocycles. The Labute approximate surface area is 151 Å². The summed E-state index contributed by atoms with van der Waals surface area (Å²) >= 11 is 0. The van der Waals surface area contributed by atoms with Gasteiger partial charge in [-0.3, -0.25) is 4.79 Å². The largest absolute Gasteiger partial charge is 0.446 e. The van der Waals surface area contributed by atoms with Crippen molar-refractivity contribution in [2.24, 2.45) is 5.73 Å². The van der Waals surface area contributed by atoms with Gasteiger partial charge in [-0.1, -0.05) is 71.1 Å². The van der Waals surface area contributed by atoms with Gasteiger partial charge in [-0.25, -0.2) is 4.98 Å². The smallest absolute Gasteiger partial charge is 0.273 e. The second-order valence-electron chi connectivity index (χ2n) is 6.65. The third-order valence-electron chi connectivity index (χ3n) is 4.33. The highest BCUT2D eigenvalue weighted by Gasteiger charge is 2.15. The fraction of sp³-hybridized carbons (Fsp3) is 0.789. The van der Waals surface area contributed by atoms with Crippen molar-refractivity contribution in [3.8, 4) is 0 Å². The van der Waals surface area contributed by atoms with Crippen LogP contribution in [0.2, 0.25) is 0 Å². The van der Waals surface area contributed by atoms with Gasteiger partial charge in [0, 0.05) is 6.54 Å². The maximum atomic E-state index is 11.9. The highest BCUT2D eigenvalue weighted by Crippen LogP contribution is 2.11. The van der Waals surface area contributed by atoms with Crippen LogP contribution in [0, 0.1) is 0 Å². The molecule has 0 aliphatic rings. The molecule has 1 aromatic heterocycles. The molecule has 1 amide bonds. The van der Waals surface area contributed by atoms with E-state index in [1.807, 2.05) is 0 Å². The standard InChI is InChI=1S/C19H35N3O3/c1-2-3-4-5-6-7-8-9-10-11-12-13-21-18(24)17-15-25-19(22-17)16(20)14-23/h15-16,23H,2-14,20H2,1H3,(H,21,24). The van der Waals surface area contributed by atoms with E-state index in [0.29, 0.717) is 6.54 Å². The Morgan fingerprint density at radius 3 is 2.24 bits per heavy atom. The van der Waals surface area contributed by atoms with Gasteiger partial charge in [0.15, 0.2) is 5.69 Å². The van der Waals surface area contributed by atoms with Crippen molar-refractivity contribution in [1.82, 2.24) is 10.3 Å². The van der Waals surface area contributed by atoms with Gasteiger partial charge in [-0.05, 0) is 6.42 Å². The number of carbonyl (C=O) groups excluding carboxylic acids is 1. The average molecular weight is 354 g/mol. The van der Waals surface area contributed by atoms with Crippen LogP contribution in [-0.4, -0.2) is 29.1 Å². The molecular formula is C19H35N3O3. The van der Waals surface area contributed by atoms with E-state index in [4.69, 9.17) is 15.3 Å². The van der Waals surface area contributed by atoms with Gasteiger partial charge >= 0.3 is 0 Å². The topological polar surface area (TPSA) is 101 Å². The molecule has 1 rings (SSSR count). The van der Waals surface area contributed by atoms with Gasteiger partial charge in [-0.15, -0.1) is 0 Å². The zero-order valence-electron chi connectivity index (χ0n) is 15.6. The van der Waals surface area contributed by atoms with Crippen LogP contribution >= 0.6 is 0 Å². The van der Waals surface area contributed by atoms with Crippen molar-refractivity contribution in [3.05, 3.63) is 17.8 Å². The maximum absolute atomic E-state index is 11.9. The molecule has 0 bridgehead atoms. The molecule has 6 heteroatoms. The summed E-state index contributed by atoms with van der Waals surface area (Å²) in [4.78, 5) is 15.9. The predicted molar refractivity (Wildman–Crippen MR) is 99.3 cm³/mol. The number of amides is 1. The number of carbonyl (C=O) groups is 1. The molecule has 0 radical (unpaired) electrons. The molecule has 1 aromatic rings. The van der Waals surface area contributed by atoms with Crippen LogP contribution in [0.25, 0.3) is 0 Å². The van der Waals surface area contributed by atoms with Crippen LogP contribution in [0.15, 0.2) is 10.7 Å². The highest BCUT2D eigenvalue weighted by molar-refractivity contribution is 5.91. The molecule has 0 spiro atoms. The second kappa shape index (κ2) is 13.8. The molecule has 1 atom stereocenters. The normalized spacial score (nSPS) is 12.3. The van der Waals surface area contributed by atoms with E-state index in [0.717, 1.165) is 12.8 Å². The fourth-order valence-electron chi connectivity index (χ4n) is 2.72. The molecular weight excluding hydrogens is 318 g/mol. The molecule has 25 heavy (non-hydrogen) atoms. The Morgan fingerprint density at radius 2 is 1.68 bits per heavy atom. The van der Waals surface area contributed by atoms with E-state index in [-0.39, 0.29) is 24.1 Å². The lowest BCUT2D eigenvalue weighted by Gasteiger charge is -2.04. The summed E-state index contributed by atoms with van der Waals surface area (Å²) in [6.45, 7) is 2.63. The van der Waals surface area contributed by atoms with Gasteiger partial charge in [0.25, 0.3) is 5.91 Å². The van der Waals surface area contributed by atoms with Gasteiger partial charge in [-0.2, -0.15) is 0 Å². The van der Waals surface area contributed by atoms with Gasteiger partial charge < -0.3 is 20.6 Å². The van der Waals surface area contributed by atoms with Crippen LogP contribution < -0.4 is 11.1 Å². The first-order valence-electron chi connectivity index (χ1n) is 9.79. The van der Waals surface area contributed by atoms with Crippen molar-refractivity contribution in [2.45, 2.75) is 83.6 Å². The summed E-state index contributed by atoms with van der Waals surface area (Å²) in [5.74, 6) is -0.0745. The number of oxazole rings is 1. The van der Waals surface area contributed by atoms with Crippen molar-refractivity contribution in [2.75, 3.05) is 13.2 Å². The van der Waals surface area contributed by atoms with Crippen LogP contribution in [0.4, 0.5) is 0 Å². The van der Waals surface area contributed by atoms with Gasteiger partial charge in [0.1, 0.15) is 12.3 Å². The number of nitrogens with zero attached hydrogens (tertiary/aromatic N) is 1. The summed E-state index contributed by atoms with van der Waals surface area (Å²) < 4.78 is 5.09. The molecule has 0 fully saturated rings. The van der Waals surface area contributed by atoms with Gasteiger partial charge in [0.05, 0.1) is 6.61 Å². The Kier molecular flexibility index (Phi) is 12.0. The molecule has 4 N–H and O–H groups in total. The predicted octanol–water partition coefficient (Wildman–Crippen LogP) is 3.71. The Balaban J connectivity index is 1.97. The van der Waals surface area contributed by atoms with Crippen LogP contribution in [0.5, 0.6) is 0 Å². The number of aromatic nitrogens is 1. The quantitative estimate of drug-likeness (QED) is 0.417. The van der Waals surface area contributed by atoms with E-state index in [1.165, 1.54) is 64.1 Å². The molecule has 1 unspecified atom stereocenters. The molecule has 144 valence electrons. The maximum Gasteiger partial charge on any atom is 0.273 e. The highest BCUT2D eigenvalue weighted by atomic mass is 16.3. The summed E-state index contributed by atoms with van der Waals surface area (Å²) in [5, 5.41) is 11.8. The summed E-state index contributed by atoms with van der Waals surface area (Å²) in [7, 11) is 0. The fourth-order valence-corrected chi connectivity index (χ4v) is 2.72. The van der Waals surface area contributed by atoms with E-state index in [2.05, 4.69) is 17.2 Å². The lowest BCUT2D eigenvalue weighted by molar-refractivity contribution is 0.0948. The Hall–Kier alpha value is -1.40. The first-order valence-corrected chi connectivity index (χ1v) is 9.79. The average Bonchev–Trinajstić information content (AvgIpc) is 3.12. The molecule has 1 heterocycles. The number of aliphatic hydroxyl groups is 1. The van der Waals surface area contributed by atoms with E-state index in [1.54, 1.807) is 0 Å². The minimum atomic E-state index is -0.687. The van der Waals surface area contributed by atoms with E-state index in [9.17, 15) is 4.79 Å². The van der Waals surface area contributed by atoms with E-state index >= 15 is 0 Å². The number of nitrogens with two attached hydrogens (primary N) is 1. The van der Waals surface area contributed by atoms with E-state index < -0.39 is 6.04 Å². The molecule has 0 saturated heterocycles. The Bertz CT molecular complexity index is 463. The van der Waals surface area contributed by atoms with Crippen LogP contribution in [0.1, 0.15) is 100.0 Å².